The minimum Gasteiger partial charge on any atom is -0.497 e. The highest BCUT2D eigenvalue weighted by molar-refractivity contribution is 7.90. The molecule has 32 heavy (non-hydrogen) atoms. The van der Waals surface area contributed by atoms with E-state index in [2.05, 4.69) is 4.98 Å². The van der Waals surface area contributed by atoms with Crippen LogP contribution in [-0.2, 0) is 33.5 Å². The molecule has 176 valence electrons. The molecule has 0 radical (unpaired) electrons. The van der Waals surface area contributed by atoms with Gasteiger partial charge in [-0.25, -0.2) is 13.4 Å². The van der Waals surface area contributed by atoms with Crippen molar-refractivity contribution in [2.45, 2.75) is 64.5 Å². The lowest BCUT2D eigenvalue weighted by atomic mass is 10.1. The predicted molar refractivity (Wildman–Crippen MR) is 124 cm³/mol. The summed E-state index contributed by atoms with van der Waals surface area (Å²) in [6.45, 7) is 9.51. The molecule has 7 nitrogen and oxygen atoms in total. The number of carbonyl (C=O) groups is 1. The molecule has 1 aromatic heterocycles. The van der Waals surface area contributed by atoms with Gasteiger partial charge in [-0.1, -0.05) is 39.8 Å². The van der Waals surface area contributed by atoms with Gasteiger partial charge in [0, 0.05) is 19.0 Å². The third-order valence-electron chi connectivity index (χ3n) is 5.55. The van der Waals surface area contributed by atoms with Gasteiger partial charge in [-0.2, -0.15) is 0 Å². The molecule has 1 amide bonds. The standard InChI is InChI=1S/C24H35N3O4S/c1-17(2)13-27-21(15-26(14-19-9-10-19)23(28)18(3)4)12-25-24(27)32(29,30)16-20-7-6-8-22(11-20)31-5/h6-8,11-12,17-19H,9-10,13-16H2,1-5H3. The van der Waals surface area contributed by atoms with Gasteiger partial charge in [0.05, 0.1) is 31.3 Å². The van der Waals surface area contributed by atoms with Crippen molar-refractivity contribution in [3.63, 3.8) is 0 Å². The largest absolute Gasteiger partial charge is 0.497 e. The Morgan fingerprint density at radius 3 is 2.56 bits per heavy atom. The lowest BCUT2D eigenvalue weighted by molar-refractivity contribution is -0.135. The number of ether oxygens (including phenoxy) is 1. The zero-order valence-electron chi connectivity index (χ0n) is 19.7. The van der Waals surface area contributed by atoms with Crippen LogP contribution in [0.4, 0.5) is 0 Å². The molecule has 0 aliphatic heterocycles. The van der Waals surface area contributed by atoms with Crippen LogP contribution in [0.15, 0.2) is 35.6 Å². The molecular formula is C24H35N3O4S. The average molecular weight is 462 g/mol. The summed E-state index contributed by atoms with van der Waals surface area (Å²) in [6.07, 6.45) is 3.91. The Kier molecular flexibility index (Phi) is 7.64. The summed E-state index contributed by atoms with van der Waals surface area (Å²) in [5.41, 5.74) is 1.41. The molecular weight excluding hydrogens is 426 g/mol. The number of imidazole rings is 1. The highest BCUT2D eigenvalue weighted by Gasteiger charge is 2.30. The Labute approximate surface area is 191 Å². The highest BCUT2D eigenvalue weighted by Crippen LogP contribution is 2.31. The summed E-state index contributed by atoms with van der Waals surface area (Å²) in [5, 5.41) is 0.0624. The van der Waals surface area contributed by atoms with Gasteiger partial charge in [0.25, 0.3) is 0 Å². The van der Waals surface area contributed by atoms with Crippen molar-refractivity contribution in [3.8, 4) is 5.75 Å². The van der Waals surface area contributed by atoms with E-state index < -0.39 is 9.84 Å². The first-order valence-electron chi connectivity index (χ1n) is 11.3. The van der Waals surface area contributed by atoms with Crippen molar-refractivity contribution in [2.24, 2.45) is 17.8 Å². The van der Waals surface area contributed by atoms with Gasteiger partial charge in [0.2, 0.25) is 20.9 Å². The lowest BCUT2D eigenvalue weighted by Gasteiger charge is -2.25. The number of methoxy groups -OCH3 is 1. The number of aromatic nitrogens is 2. The quantitative estimate of drug-likeness (QED) is 0.507. The SMILES string of the molecule is COc1cccc(CS(=O)(=O)c2ncc(CN(CC3CC3)C(=O)C(C)C)n2CC(C)C)c1. The Morgan fingerprint density at radius 2 is 1.97 bits per heavy atom. The first kappa shape index (κ1) is 24.3. The van der Waals surface area contributed by atoms with E-state index >= 15 is 0 Å². The summed E-state index contributed by atoms with van der Waals surface area (Å²) >= 11 is 0. The van der Waals surface area contributed by atoms with Crippen molar-refractivity contribution in [1.82, 2.24) is 14.5 Å². The van der Waals surface area contributed by atoms with E-state index in [-0.39, 0.29) is 28.7 Å². The number of benzene rings is 1. The lowest BCUT2D eigenvalue weighted by Crippen LogP contribution is -2.36. The maximum Gasteiger partial charge on any atom is 0.228 e. The van der Waals surface area contributed by atoms with Crippen LogP contribution in [-0.4, -0.2) is 42.4 Å². The second kappa shape index (κ2) is 10.1. The van der Waals surface area contributed by atoms with Crippen LogP contribution in [0.3, 0.4) is 0 Å². The van der Waals surface area contributed by atoms with Gasteiger partial charge in [0.1, 0.15) is 5.75 Å². The van der Waals surface area contributed by atoms with Gasteiger partial charge in [-0.05, 0) is 42.4 Å². The normalized spacial score (nSPS) is 14.2. The molecule has 1 saturated carbocycles. The Bertz CT molecular complexity index is 1040. The van der Waals surface area contributed by atoms with Crippen LogP contribution in [0.2, 0.25) is 0 Å². The summed E-state index contributed by atoms with van der Waals surface area (Å²) in [6, 6.07) is 7.07. The van der Waals surface area contributed by atoms with Gasteiger partial charge in [-0.15, -0.1) is 0 Å². The van der Waals surface area contributed by atoms with E-state index in [1.54, 1.807) is 42.1 Å². The number of carbonyl (C=O) groups excluding carboxylic acids is 1. The molecule has 8 heteroatoms. The first-order chi connectivity index (χ1) is 15.1. The zero-order chi connectivity index (χ0) is 23.5. The van der Waals surface area contributed by atoms with E-state index in [9.17, 15) is 13.2 Å². The van der Waals surface area contributed by atoms with E-state index in [4.69, 9.17) is 4.74 Å². The van der Waals surface area contributed by atoms with Gasteiger partial charge < -0.3 is 14.2 Å². The fourth-order valence-corrected chi connectivity index (χ4v) is 5.27. The average Bonchev–Trinajstić information content (AvgIpc) is 3.46. The van der Waals surface area contributed by atoms with Crippen molar-refractivity contribution in [3.05, 3.63) is 41.7 Å². The Balaban J connectivity index is 1.91. The molecule has 0 spiro atoms. The predicted octanol–water partition coefficient (Wildman–Crippen LogP) is 3.92. The van der Waals surface area contributed by atoms with Crippen molar-refractivity contribution >= 4 is 15.7 Å². The molecule has 3 rings (SSSR count). The van der Waals surface area contributed by atoms with Crippen LogP contribution in [0, 0.1) is 17.8 Å². The number of hydrogen-bond donors (Lipinski definition) is 0. The third kappa shape index (κ3) is 6.12. The first-order valence-corrected chi connectivity index (χ1v) is 12.9. The summed E-state index contributed by atoms with van der Waals surface area (Å²) in [5.74, 6) is 1.23. The van der Waals surface area contributed by atoms with Crippen LogP contribution in [0.25, 0.3) is 0 Å². The fourth-order valence-electron chi connectivity index (χ4n) is 3.78. The van der Waals surface area contributed by atoms with Crippen molar-refractivity contribution in [2.75, 3.05) is 13.7 Å². The minimum absolute atomic E-state index is 0.0624. The third-order valence-corrected chi connectivity index (χ3v) is 7.15. The number of hydrogen-bond acceptors (Lipinski definition) is 5. The van der Waals surface area contributed by atoms with Crippen LogP contribution in [0.1, 0.15) is 51.8 Å². The van der Waals surface area contributed by atoms with Crippen LogP contribution >= 0.6 is 0 Å². The topological polar surface area (TPSA) is 81.5 Å². The van der Waals surface area contributed by atoms with E-state index in [0.717, 1.165) is 25.1 Å². The molecule has 0 bridgehead atoms. The van der Waals surface area contributed by atoms with E-state index in [0.29, 0.717) is 30.3 Å². The number of rotatable bonds is 11. The molecule has 1 aromatic carbocycles. The molecule has 1 fully saturated rings. The van der Waals surface area contributed by atoms with Gasteiger partial charge in [0.15, 0.2) is 0 Å². The number of sulfone groups is 1. The summed E-state index contributed by atoms with van der Waals surface area (Å²) < 4.78 is 33.7. The smallest absolute Gasteiger partial charge is 0.228 e. The fraction of sp³-hybridized carbons (Fsp3) is 0.583. The summed E-state index contributed by atoms with van der Waals surface area (Å²) in [7, 11) is -2.13. The van der Waals surface area contributed by atoms with Gasteiger partial charge >= 0.3 is 0 Å². The second-order valence-corrected chi connectivity index (χ2v) is 11.3. The zero-order valence-corrected chi connectivity index (χ0v) is 20.6. The van der Waals surface area contributed by atoms with Crippen molar-refractivity contribution in [1.29, 1.82) is 0 Å². The monoisotopic (exact) mass is 461 g/mol. The second-order valence-electron chi connectivity index (χ2n) is 9.46. The molecule has 1 aliphatic carbocycles. The molecule has 0 atom stereocenters. The molecule has 0 N–H and O–H groups in total. The van der Waals surface area contributed by atoms with Crippen LogP contribution in [0.5, 0.6) is 5.75 Å². The number of nitrogens with zero attached hydrogens (tertiary/aromatic N) is 3. The Morgan fingerprint density at radius 1 is 1.25 bits per heavy atom. The molecule has 0 saturated heterocycles. The Hall–Kier alpha value is -2.35. The maximum absolute atomic E-state index is 13.3. The van der Waals surface area contributed by atoms with E-state index in [1.165, 1.54) is 0 Å². The summed E-state index contributed by atoms with van der Waals surface area (Å²) in [4.78, 5) is 19.0. The molecule has 1 heterocycles. The van der Waals surface area contributed by atoms with Crippen molar-refractivity contribution < 1.29 is 17.9 Å². The van der Waals surface area contributed by atoms with Crippen LogP contribution < -0.4 is 4.74 Å². The minimum atomic E-state index is -3.68. The molecule has 0 unspecified atom stereocenters. The molecule has 1 aliphatic rings. The maximum atomic E-state index is 13.3. The molecule has 2 aromatic rings. The van der Waals surface area contributed by atoms with Gasteiger partial charge in [-0.3, -0.25) is 4.79 Å². The van der Waals surface area contributed by atoms with E-state index in [1.807, 2.05) is 32.6 Å². The number of amides is 1. The highest BCUT2D eigenvalue weighted by atomic mass is 32.2.